The summed E-state index contributed by atoms with van der Waals surface area (Å²) in [6, 6.07) is 14.6. The molecule has 1 aliphatic rings. The van der Waals surface area contributed by atoms with Crippen molar-refractivity contribution >= 4 is 45.9 Å². The zero-order valence-corrected chi connectivity index (χ0v) is 25.5. The Balaban J connectivity index is 1.23. The predicted octanol–water partition coefficient (Wildman–Crippen LogP) is 6.83. The lowest BCUT2D eigenvalue weighted by atomic mass is 10.1. The van der Waals surface area contributed by atoms with Crippen molar-refractivity contribution < 1.29 is 19.0 Å². The van der Waals surface area contributed by atoms with Gasteiger partial charge in [0, 0.05) is 38.3 Å². The van der Waals surface area contributed by atoms with Gasteiger partial charge in [-0.05, 0) is 74.4 Å². The van der Waals surface area contributed by atoms with Gasteiger partial charge < -0.3 is 19.1 Å². The number of rotatable bonds is 12. The average molecular weight is 605 g/mol. The minimum atomic E-state index is -0.788. The number of anilines is 1. The number of carbonyl (C=O) groups is 1. The first-order valence-electron chi connectivity index (χ1n) is 14.2. The van der Waals surface area contributed by atoms with Gasteiger partial charge in [0.05, 0.1) is 27.9 Å². The number of piperazine rings is 1. The van der Waals surface area contributed by atoms with Crippen molar-refractivity contribution in [1.29, 1.82) is 0 Å². The second kappa shape index (κ2) is 14.8. The average Bonchev–Trinajstić information content (AvgIpc) is 2.93. The lowest BCUT2D eigenvalue weighted by molar-refractivity contribution is 0.00670. The summed E-state index contributed by atoms with van der Waals surface area (Å²) < 4.78 is 18.0. The molecule has 4 rings (SSSR count). The summed E-state index contributed by atoms with van der Waals surface area (Å²) in [5.41, 5.74) is 1.36. The molecule has 2 heterocycles. The summed E-state index contributed by atoms with van der Waals surface area (Å²) in [5, 5.41) is 2.05. The molecule has 1 unspecified atom stereocenters. The normalized spacial score (nSPS) is 14.8. The van der Waals surface area contributed by atoms with Gasteiger partial charge in [-0.2, -0.15) is 0 Å². The Morgan fingerprint density at radius 2 is 1.73 bits per heavy atom. The van der Waals surface area contributed by atoms with E-state index in [1.54, 1.807) is 6.07 Å². The van der Waals surface area contributed by atoms with E-state index in [1.165, 1.54) is 10.6 Å². The van der Waals surface area contributed by atoms with Crippen molar-refractivity contribution in [3.63, 3.8) is 0 Å². The second-order valence-electron chi connectivity index (χ2n) is 10.9. The Bertz CT molecular complexity index is 1370. The lowest BCUT2D eigenvalue weighted by Crippen LogP contribution is -2.46. The Hall–Kier alpha value is -2.94. The molecule has 0 saturated carbocycles. The molecule has 0 spiro atoms. The molecule has 1 atom stereocenters. The monoisotopic (exact) mass is 603 g/mol. The molecule has 0 amide bonds. The molecule has 2 aromatic carbocycles. The summed E-state index contributed by atoms with van der Waals surface area (Å²) in [4.78, 5) is 29.5. The summed E-state index contributed by atoms with van der Waals surface area (Å²) in [7, 11) is 0. The van der Waals surface area contributed by atoms with Gasteiger partial charge in [-0.1, -0.05) is 43.1 Å². The first-order valence-corrected chi connectivity index (χ1v) is 15.0. The highest BCUT2D eigenvalue weighted by Crippen LogP contribution is 2.33. The Labute approximate surface area is 251 Å². The van der Waals surface area contributed by atoms with Crippen LogP contribution in [0.1, 0.15) is 40.0 Å². The maximum absolute atomic E-state index is 12.6. The zero-order valence-electron chi connectivity index (χ0n) is 24.0. The third kappa shape index (κ3) is 8.77. The lowest BCUT2D eigenvalue weighted by Gasteiger charge is -2.36. The van der Waals surface area contributed by atoms with Crippen molar-refractivity contribution in [2.75, 3.05) is 44.2 Å². The summed E-state index contributed by atoms with van der Waals surface area (Å²) in [6.07, 6.45) is 1.61. The van der Waals surface area contributed by atoms with Crippen molar-refractivity contribution in [1.82, 2.24) is 9.47 Å². The number of fused-ring (bicyclic) bond motifs is 1. The van der Waals surface area contributed by atoms with Crippen LogP contribution in [0.15, 0.2) is 53.3 Å². The molecule has 41 heavy (non-hydrogen) atoms. The fourth-order valence-corrected chi connectivity index (χ4v) is 5.51. The van der Waals surface area contributed by atoms with E-state index in [0.717, 1.165) is 63.1 Å². The number of halogens is 2. The molecular formula is C31H39Cl2N3O5. The molecule has 8 nitrogen and oxygen atoms in total. The first kappa shape index (κ1) is 31.0. The minimum Gasteiger partial charge on any atom is -0.494 e. The van der Waals surface area contributed by atoms with Crippen molar-refractivity contribution in [2.45, 2.75) is 52.9 Å². The van der Waals surface area contributed by atoms with E-state index in [-0.39, 0.29) is 18.4 Å². The fourth-order valence-electron chi connectivity index (χ4n) is 5.09. The van der Waals surface area contributed by atoms with Crippen LogP contribution in [0.2, 0.25) is 10.0 Å². The number of unbranched alkanes of at least 4 members (excludes halogenated alkanes) is 1. The van der Waals surface area contributed by atoms with E-state index in [2.05, 4.69) is 23.6 Å². The molecular weight excluding hydrogens is 565 g/mol. The summed E-state index contributed by atoms with van der Waals surface area (Å²) in [6.45, 7) is 11.0. The van der Waals surface area contributed by atoms with Gasteiger partial charge in [-0.3, -0.25) is 14.3 Å². The van der Waals surface area contributed by atoms with Crippen LogP contribution in [-0.2, 0) is 16.2 Å². The number of benzene rings is 2. The third-order valence-corrected chi connectivity index (χ3v) is 7.97. The van der Waals surface area contributed by atoms with E-state index >= 15 is 0 Å². The number of carbonyl (C=O) groups excluding carboxylic acids is 1. The van der Waals surface area contributed by atoms with Gasteiger partial charge in [0.1, 0.15) is 11.9 Å². The van der Waals surface area contributed by atoms with Gasteiger partial charge >= 0.3 is 6.16 Å². The van der Waals surface area contributed by atoms with Crippen LogP contribution in [0, 0.1) is 5.92 Å². The minimum absolute atomic E-state index is 0.233. The van der Waals surface area contributed by atoms with Crippen LogP contribution in [0.4, 0.5) is 10.5 Å². The van der Waals surface area contributed by atoms with Gasteiger partial charge in [0.15, 0.2) is 6.73 Å². The van der Waals surface area contributed by atoms with E-state index in [0.29, 0.717) is 33.8 Å². The number of ether oxygens (including phenoxy) is 3. The largest absolute Gasteiger partial charge is 0.510 e. The Kier molecular flexibility index (Phi) is 11.2. The molecule has 1 aliphatic heterocycles. The van der Waals surface area contributed by atoms with E-state index in [4.69, 9.17) is 37.4 Å². The van der Waals surface area contributed by atoms with Crippen LogP contribution in [0.3, 0.4) is 0 Å². The van der Waals surface area contributed by atoms with Crippen LogP contribution in [0.5, 0.6) is 5.75 Å². The molecule has 3 aromatic rings. The Morgan fingerprint density at radius 1 is 0.976 bits per heavy atom. The second-order valence-corrected chi connectivity index (χ2v) is 11.6. The number of pyridine rings is 1. The summed E-state index contributed by atoms with van der Waals surface area (Å²) in [5.74, 6) is 1.06. The molecule has 0 bridgehead atoms. The zero-order chi connectivity index (χ0) is 29.4. The van der Waals surface area contributed by atoms with Gasteiger partial charge in [0.25, 0.3) is 5.56 Å². The van der Waals surface area contributed by atoms with E-state index < -0.39 is 6.16 Å². The van der Waals surface area contributed by atoms with Crippen LogP contribution in [0.25, 0.3) is 10.9 Å². The van der Waals surface area contributed by atoms with Crippen molar-refractivity contribution in [3.8, 4) is 5.75 Å². The molecule has 0 N–H and O–H groups in total. The van der Waals surface area contributed by atoms with Gasteiger partial charge in [0.2, 0.25) is 0 Å². The maximum Gasteiger partial charge on any atom is 0.510 e. The topological polar surface area (TPSA) is 73.2 Å². The number of aromatic nitrogens is 1. The highest BCUT2D eigenvalue weighted by Gasteiger charge is 2.19. The molecule has 1 saturated heterocycles. The number of nitrogens with zero attached hydrogens (tertiary/aromatic N) is 3. The predicted molar refractivity (Wildman–Crippen MR) is 165 cm³/mol. The highest BCUT2D eigenvalue weighted by atomic mass is 35.5. The molecule has 0 aliphatic carbocycles. The third-order valence-electron chi connectivity index (χ3n) is 7.16. The number of hydrogen-bond acceptors (Lipinski definition) is 7. The molecule has 0 radical (unpaired) electrons. The fraction of sp³-hybridized carbons (Fsp3) is 0.484. The van der Waals surface area contributed by atoms with Crippen LogP contribution >= 0.6 is 23.2 Å². The van der Waals surface area contributed by atoms with E-state index in [9.17, 15) is 9.59 Å². The van der Waals surface area contributed by atoms with Crippen molar-refractivity contribution in [2.24, 2.45) is 5.92 Å². The van der Waals surface area contributed by atoms with Crippen molar-refractivity contribution in [3.05, 3.63) is 68.9 Å². The van der Waals surface area contributed by atoms with Gasteiger partial charge in [-0.15, -0.1) is 0 Å². The van der Waals surface area contributed by atoms with Crippen LogP contribution in [-0.4, -0.2) is 61.1 Å². The maximum atomic E-state index is 12.6. The standard InChI is InChI=1S/C31H39Cl2N3O5/c1-22(2)19-23(3)41-31(38)40-21-36-28-20-25(11-9-24(28)10-12-29(36)37)39-18-5-4-13-34-14-16-35(17-15-34)27-8-6-7-26(32)30(27)33/h6-12,20,22-23H,4-5,13-19,21H2,1-3H3. The molecule has 10 heteroatoms. The quantitative estimate of drug-likeness (QED) is 0.166. The van der Waals surface area contributed by atoms with E-state index in [1.807, 2.05) is 43.3 Å². The van der Waals surface area contributed by atoms with Gasteiger partial charge in [-0.25, -0.2) is 4.79 Å². The number of hydrogen-bond donors (Lipinski definition) is 0. The SMILES string of the molecule is CC(C)CC(C)OC(=O)OCn1c(=O)ccc2ccc(OCCCCN3CCN(c4cccc(Cl)c4Cl)CC3)cc21. The molecule has 222 valence electrons. The highest BCUT2D eigenvalue weighted by molar-refractivity contribution is 6.43. The molecule has 1 fully saturated rings. The molecule has 1 aromatic heterocycles. The summed E-state index contributed by atoms with van der Waals surface area (Å²) >= 11 is 12.6. The first-order chi connectivity index (χ1) is 19.7. The van der Waals surface area contributed by atoms with Crippen LogP contribution < -0.4 is 15.2 Å². The smallest absolute Gasteiger partial charge is 0.494 e. The Morgan fingerprint density at radius 3 is 2.49 bits per heavy atom.